The number of carbonyl (C=O) groups is 2. The van der Waals surface area contributed by atoms with Crippen LogP contribution in [-0.2, 0) is 6.18 Å². The molecule has 0 unspecified atom stereocenters. The number of nitrogens with one attached hydrogen (secondary N) is 1. The minimum absolute atomic E-state index is 0.0818. The summed E-state index contributed by atoms with van der Waals surface area (Å²) in [6.45, 7) is 3.15. The van der Waals surface area contributed by atoms with Crippen LogP contribution >= 0.6 is 11.6 Å². The maximum atomic E-state index is 14.1. The molecule has 7 nitrogen and oxygen atoms in total. The topological polar surface area (TPSA) is 78.4 Å². The van der Waals surface area contributed by atoms with Crippen molar-refractivity contribution in [1.82, 2.24) is 20.4 Å². The number of rotatable bonds is 7. The third kappa shape index (κ3) is 6.13. The van der Waals surface area contributed by atoms with Crippen molar-refractivity contribution in [2.24, 2.45) is 0 Å². The lowest BCUT2D eigenvalue weighted by molar-refractivity contribution is -0.140. The van der Waals surface area contributed by atoms with E-state index in [1.54, 1.807) is 11.0 Å². The van der Waals surface area contributed by atoms with Crippen LogP contribution in [-0.4, -0.2) is 53.2 Å². The third-order valence-corrected chi connectivity index (χ3v) is 5.54. The first-order chi connectivity index (χ1) is 16.1. The first-order valence-corrected chi connectivity index (χ1v) is 11.2. The van der Waals surface area contributed by atoms with Crippen molar-refractivity contribution in [2.45, 2.75) is 38.8 Å². The van der Waals surface area contributed by atoms with Gasteiger partial charge in [-0.1, -0.05) is 31.4 Å². The zero-order valence-electron chi connectivity index (χ0n) is 18.5. The summed E-state index contributed by atoms with van der Waals surface area (Å²) in [5.41, 5.74) is -2.36. The molecule has 0 spiro atoms. The molecule has 1 saturated heterocycles. The van der Waals surface area contributed by atoms with Gasteiger partial charge in [-0.3, -0.25) is 9.59 Å². The highest BCUT2D eigenvalue weighted by molar-refractivity contribution is 6.31. The van der Waals surface area contributed by atoms with Gasteiger partial charge in [0.15, 0.2) is 11.5 Å². The molecule has 0 atom stereocenters. The molecule has 0 aliphatic carbocycles. The number of nitrogens with zero attached hydrogens (tertiary/aromatic N) is 4. The molecular weight excluding hydrogens is 478 g/mol. The van der Waals surface area contributed by atoms with E-state index in [4.69, 9.17) is 11.6 Å². The average Bonchev–Trinajstić information content (AvgIpc) is 2.80. The number of hydrogen-bond acceptors (Lipinski definition) is 5. The number of unbranched alkanes of at least 4 members (excludes halogenated alkanes) is 2. The van der Waals surface area contributed by atoms with Crippen molar-refractivity contribution in [3.05, 3.63) is 51.9 Å². The van der Waals surface area contributed by atoms with Crippen molar-refractivity contribution >= 4 is 29.2 Å². The molecule has 2 heterocycles. The molecule has 184 valence electrons. The molecule has 1 aromatic carbocycles. The maximum Gasteiger partial charge on any atom is 0.420 e. The normalized spacial score (nSPS) is 14.3. The summed E-state index contributed by atoms with van der Waals surface area (Å²) in [5.74, 6) is -2.59. The molecule has 1 N–H and O–H groups in total. The summed E-state index contributed by atoms with van der Waals surface area (Å²) in [6.07, 6.45) is -1.73. The number of aromatic nitrogens is 2. The molecule has 34 heavy (non-hydrogen) atoms. The van der Waals surface area contributed by atoms with Crippen molar-refractivity contribution < 1.29 is 27.2 Å². The van der Waals surface area contributed by atoms with E-state index in [-0.39, 0.29) is 29.8 Å². The van der Waals surface area contributed by atoms with Gasteiger partial charge in [-0.2, -0.15) is 13.2 Å². The van der Waals surface area contributed by atoms with E-state index in [1.807, 2.05) is 0 Å². The SMILES string of the molecule is CCCCCNC(=O)c1ccc(N2CCCN(C(=O)c3cc(Cl)cc(F)c3C(F)(F)F)C2)nn1. The predicted octanol–water partition coefficient (Wildman–Crippen LogP) is 4.52. The highest BCUT2D eigenvalue weighted by Gasteiger charge is 2.40. The Bertz CT molecular complexity index is 1030. The molecule has 1 aromatic heterocycles. The molecule has 3 rings (SSSR count). The minimum Gasteiger partial charge on any atom is -0.351 e. The smallest absolute Gasteiger partial charge is 0.351 e. The molecule has 0 bridgehead atoms. The van der Waals surface area contributed by atoms with Crippen molar-refractivity contribution in [3.63, 3.8) is 0 Å². The van der Waals surface area contributed by atoms with Crippen molar-refractivity contribution in [3.8, 4) is 0 Å². The minimum atomic E-state index is -5.06. The summed E-state index contributed by atoms with van der Waals surface area (Å²) < 4.78 is 54.3. The van der Waals surface area contributed by atoms with Crippen LogP contribution in [0.2, 0.25) is 5.02 Å². The Morgan fingerprint density at radius 1 is 1.15 bits per heavy atom. The second kappa shape index (κ2) is 11.0. The first-order valence-electron chi connectivity index (χ1n) is 10.8. The van der Waals surface area contributed by atoms with Gasteiger partial charge in [0.1, 0.15) is 11.4 Å². The van der Waals surface area contributed by atoms with E-state index < -0.39 is 29.0 Å². The maximum absolute atomic E-state index is 14.1. The van der Waals surface area contributed by atoms with Gasteiger partial charge >= 0.3 is 6.18 Å². The van der Waals surface area contributed by atoms with Gasteiger partial charge < -0.3 is 15.1 Å². The number of halogens is 5. The molecule has 2 amide bonds. The molecule has 1 aliphatic heterocycles. The fourth-order valence-electron chi connectivity index (χ4n) is 3.64. The van der Waals surface area contributed by atoms with Crippen LogP contribution in [0.5, 0.6) is 0 Å². The van der Waals surface area contributed by atoms with E-state index in [9.17, 15) is 27.2 Å². The summed E-state index contributed by atoms with van der Waals surface area (Å²) in [5, 5.41) is 10.4. The summed E-state index contributed by atoms with van der Waals surface area (Å²) in [6, 6.07) is 4.40. The molecular formula is C22H24ClF4N5O2. The van der Waals surface area contributed by atoms with Crippen molar-refractivity contribution in [1.29, 1.82) is 0 Å². The lowest BCUT2D eigenvalue weighted by Crippen LogP contribution is -2.48. The zero-order valence-corrected chi connectivity index (χ0v) is 19.2. The van der Waals surface area contributed by atoms with Gasteiger partial charge in [-0.15, -0.1) is 10.2 Å². The first kappa shape index (κ1) is 25.7. The Morgan fingerprint density at radius 3 is 2.56 bits per heavy atom. The molecule has 2 aromatic rings. The van der Waals surface area contributed by atoms with Crippen LogP contribution in [0, 0.1) is 5.82 Å². The molecule has 1 aliphatic rings. The Kier molecular flexibility index (Phi) is 8.29. The number of benzene rings is 1. The second-order valence-electron chi connectivity index (χ2n) is 7.87. The van der Waals surface area contributed by atoms with E-state index in [1.165, 1.54) is 11.0 Å². The van der Waals surface area contributed by atoms with Gasteiger partial charge in [0.2, 0.25) is 0 Å². The molecule has 12 heteroatoms. The quantitative estimate of drug-likeness (QED) is 0.446. The lowest BCUT2D eigenvalue weighted by Gasteiger charge is -2.36. The summed E-state index contributed by atoms with van der Waals surface area (Å²) in [4.78, 5) is 27.9. The Balaban J connectivity index is 1.73. The fraction of sp³-hybridized carbons (Fsp3) is 0.455. The summed E-state index contributed by atoms with van der Waals surface area (Å²) in [7, 11) is 0. The van der Waals surface area contributed by atoms with E-state index in [2.05, 4.69) is 22.4 Å². The average molecular weight is 502 g/mol. The molecule has 0 saturated carbocycles. The Morgan fingerprint density at radius 2 is 1.91 bits per heavy atom. The highest BCUT2D eigenvalue weighted by atomic mass is 35.5. The number of carbonyl (C=O) groups excluding carboxylic acids is 2. The molecule has 0 radical (unpaired) electrons. The number of amides is 2. The largest absolute Gasteiger partial charge is 0.420 e. The standard InChI is InChI=1S/C22H24ClF4N5O2/c1-2-3-4-8-28-20(33)17-6-7-18(30-29-17)31-9-5-10-32(13-31)21(34)15-11-14(23)12-16(24)19(15)22(25,26)27/h6-7,11-12H,2-5,8-10,13H2,1H3,(H,28,33). The number of hydrogen-bond donors (Lipinski definition) is 1. The molecule has 1 fully saturated rings. The number of alkyl halides is 3. The third-order valence-electron chi connectivity index (χ3n) is 5.33. The Labute approximate surface area is 199 Å². The fourth-order valence-corrected chi connectivity index (χ4v) is 3.84. The van der Waals surface area contributed by atoms with Crippen LogP contribution in [0.4, 0.5) is 23.4 Å². The van der Waals surface area contributed by atoms with Crippen LogP contribution in [0.15, 0.2) is 24.3 Å². The Hall–Kier alpha value is -2.95. The zero-order chi connectivity index (χ0) is 24.9. The van der Waals surface area contributed by atoms with Gasteiger partial charge in [0, 0.05) is 24.7 Å². The van der Waals surface area contributed by atoms with Crippen LogP contribution in [0.1, 0.15) is 59.0 Å². The van der Waals surface area contributed by atoms with E-state index in [0.717, 1.165) is 25.3 Å². The van der Waals surface area contributed by atoms with Gasteiger partial charge in [0.25, 0.3) is 11.8 Å². The highest BCUT2D eigenvalue weighted by Crippen LogP contribution is 2.36. The predicted molar refractivity (Wildman–Crippen MR) is 118 cm³/mol. The van der Waals surface area contributed by atoms with Crippen LogP contribution in [0.3, 0.4) is 0 Å². The second-order valence-corrected chi connectivity index (χ2v) is 8.31. The van der Waals surface area contributed by atoms with Crippen LogP contribution < -0.4 is 10.2 Å². The summed E-state index contributed by atoms with van der Waals surface area (Å²) >= 11 is 5.73. The van der Waals surface area contributed by atoms with E-state index in [0.29, 0.717) is 31.4 Å². The van der Waals surface area contributed by atoms with Gasteiger partial charge in [-0.25, -0.2) is 4.39 Å². The van der Waals surface area contributed by atoms with Gasteiger partial charge in [0.05, 0.1) is 12.2 Å². The van der Waals surface area contributed by atoms with E-state index >= 15 is 0 Å². The monoisotopic (exact) mass is 501 g/mol. The number of anilines is 1. The van der Waals surface area contributed by atoms with Crippen LogP contribution in [0.25, 0.3) is 0 Å². The lowest BCUT2D eigenvalue weighted by atomic mass is 10.0. The van der Waals surface area contributed by atoms with Gasteiger partial charge in [-0.05, 0) is 37.1 Å². The van der Waals surface area contributed by atoms with Crippen molar-refractivity contribution in [2.75, 3.05) is 31.2 Å².